The predicted molar refractivity (Wildman–Crippen MR) is 42.6 cm³/mol. The number of hydrogen-bond donors (Lipinski definition) is 1. The second-order valence-electron chi connectivity index (χ2n) is 3.49. The van der Waals surface area contributed by atoms with E-state index in [-0.39, 0.29) is 0 Å². The van der Waals surface area contributed by atoms with E-state index in [9.17, 15) is 5.11 Å². The minimum Gasteiger partial charge on any atom is -0.390 e. The molecule has 0 atom stereocenters. The molecular formula is C9H17O. The second-order valence-corrected chi connectivity index (χ2v) is 3.49. The maximum atomic E-state index is 9.57. The SMILES string of the molecule is [CH2]C1(O)CCCCCCC1. The van der Waals surface area contributed by atoms with Crippen LogP contribution in [0.5, 0.6) is 0 Å². The quantitative estimate of drug-likeness (QED) is 0.548. The Hall–Kier alpha value is -0.0400. The molecular weight excluding hydrogens is 124 g/mol. The van der Waals surface area contributed by atoms with Gasteiger partial charge in [0.05, 0.1) is 5.60 Å². The molecule has 0 amide bonds. The van der Waals surface area contributed by atoms with Crippen LogP contribution in [0.3, 0.4) is 0 Å². The Morgan fingerprint density at radius 3 is 1.80 bits per heavy atom. The summed E-state index contributed by atoms with van der Waals surface area (Å²) in [5, 5.41) is 9.57. The van der Waals surface area contributed by atoms with Crippen molar-refractivity contribution in [3.05, 3.63) is 6.92 Å². The van der Waals surface area contributed by atoms with E-state index in [0.717, 1.165) is 25.7 Å². The standard InChI is InChI=1S/C9H17O/c1-9(10)7-5-3-2-4-6-8-9/h10H,1-8H2. The fourth-order valence-electron chi connectivity index (χ4n) is 1.56. The van der Waals surface area contributed by atoms with Gasteiger partial charge in [-0.1, -0.05) is 32.1 Å². The highest BCUT2D eigenvalue weighted by Gasteiger charge is 2.20. The van der Waals surface area contributed by atoms with Crippen molar-refractivity contribution in [2.24, 2.45) is 0 Å². The predicted octanol–water partition coefficient (Wildman–Crippen LogP) is 2.30. The van der Waals surface area contributed by atoms with Gasteiger partial charge in [0.15, 0.2) is 0 Å². The highest BCUT2D eigenvalue weighted by atomic mass is 16.3. The van der Waals surface area contributed by atoms with Crippen LogP contribution in [0.1, 0.15) is 44.9 Å². The van der Waals surface area contributed by atoms with Crippen LogP contribution in [0.15, 0.2) is 0 Å². The second kappa shape index (κ2) is 3.38. The van der Waals surface area contributed by atoms with Crippen molar-refractivity contribution in [2.75, 3.05) is 0 Å². The van der Waals surface area contributed by atoms with Gasteiger partial charge in [-0.05, 0) is 19.8 Å². The highest BCUT2D eigenvalue weighted by Crippen LogP contribution is 2.24. The monoisotopic (exact) mass is 141 g/mol. The van der Waals surface area contributed by atoms with E-state index in [1.807, 2.05) is 0 Å². The van der Waals surface area contributed by atoms with Crippen molar-refractivity contribution >= 4 is 0 Å². The largest absolute Gasteiger partial charge is 0.390 e. The van der Waals surface area contributed by atoms with Gasteiger partial charge in [0.25, 0.3) is 0 Å². The van der Waals surface area contributed by atoms with Crippen LogP contribution in [0.4, 0.5) is 0 Å². The molecule has 0 aromatic rings. The van der Waals surface area contributed by atoms with Crippen LogP contribution in [0.2, 0.25) is 0 Å². The molecule has 0 heterocycles. The van der Waals surface area contributed by atoms with Gasteiger partial charge in [-0.25, -0.2) is 0 Å². The topological polar surface area (TPSA) is 20.2 Å². The molecule has 1 N–H and O–H groups in total. The average Bonchev–Trinajstić information content (AvgIpc) is 1.81. The zero-order valence-corrected chi connectivity index (χ0v) is 6.60. The minimum atomic E-state index is -0.597. The van der Waals surface area contributed by atoms with Crippen molar-refractivity contribution in [1.29, 1.82) is 0 Å². The van der Waals surface area contributed by atoms with Crippen LogP contribution < -0.4 is 0 Å². The summed E-state index contributed by atoms with van der Waals surface area (Å²) in [4.78, 5) is 0. The van der Waals surface area contributed by atoms with Gasteiger partial charge in [-0.15, -0.1) is 0 Å². The van der Waals surface area contributed by atoms with Crippen molar-refractivity contribution in [2.45, 2.75) is 50.5 Å². The summed E-state index contributed by atoms with van der Waals surface area (Å²) in [6.45, 7) is 3.79. The van der Waals surface area contributed by atoms with Gasteiger partial charge in [0, 0.05) is 0 Å². The third kappa shape index (κ3) is 2.70. The van der Waals surface area contributed by atoms with Crippen molar-refractivity contribution < 1.29 is 5.11 Å². The molecule has 0 spiro atoms. The van der Waals surface area contributed by atoms with E-state index in [1.165, 1.54) is 19.3 Å². The lowest BCUT2D eigenvalue weighted by atomic mass is 9.89. The molecule has 1 saturated carbocycles. The maximum Gasteiger partial charge on any atom is 0.0648 e. The lowest BCUT2D eigenvalue weighted by molar-refractivity contribution is 0.0592. The Morgan fingerprint density at radius 2 is 1.30 bits per heavy atom. The number of aliphatic hydroxyl groups is 1. The van der Waals surface area contributed by atoms with Gasteiger partial charge in [0.2, 0.25) is 0 Å². The molecule has 0 aromatic heterocycles. The van der Waals surface area contributed by atoms with Crippen LogP contribution in [-0.4, -0.2) is 10.7 Å². The highest BCUT2D eigenvalue weighted by molar-refractivity contribution is 4.81. The van der Waals surface area contributed by atoms with Crippen LogP contribution in [0, 0.1) is 6.92 Å². The van der Waals surface area contributed by atoms with E-state index in [4.69, 9.17) is 0 Å². The first-order chi connectivity index (χ1) is 4.71. The summed E-state index contributed by atoms with van der Waals surface area (Å²) in [5.74, 6) is 0. The third-order valence-corrected chi connectivity index (χ3v) is 2.28. The lowest BCUT2D eigenvalue weighted by Gasteiger charge is -2.24. The zero-order chi connectivity index (χ0) is 7.45. The summed E-state index contributed by atoms with van der Waals surface area (Å²) >= 11 is 0. The summed E-state index contributed by atoms with van der Waals surface area (Å²) in [6.07, 6.45) is 7.99. The molecule has 0 unspecified atom stereocenters. The molecule has 0 aromatic carbocycles. The van der Waals surface area contributed by atoms with Crippen LogP contribution in [0.25, 0.3) is 0 Å². The Morgan fingerprint density at radius 1 is 0.900 bits per heavy atom. The molecule has 1 radical (unpaired) electrons. The van der Waals surface area contributed by atoms with Crippen LogP contribution in [-0.2, 0) is 0 Å². The average molecular weight is 141 g/mol. The Bertz CT molecular complexity index is 86.9. The zero-order valence-electron chi connectivity index (χ0n) is 6.60. The molecule has 1 nitrogen and oxygen atoms in total. The van der Waals surface area contributed by atoms with E-state index in [0.29, 0.717) is 0 Å². The molecule has 10 heavy (non-hydrogen) atoms. The minimum absolute atomic E-state index is 0.597. The van der Waals surface area contributed by atoms with Gasteiger partial charge in [-0.2, -0.15) is 0 Å². The Labute approximate surface area is 63.4 Å². The smallest absolute Gasteiger partial charge is 0.0648 e. The molecule has 1 fully saturated rings. The molecule has 1 rings (SSSR count). The van der Waals surface area contributed by atoms with E-state index >= 15 is 0 Å². The van der Waals surface area contributed by atoms with E-state index in [1.54, 1.807) is 0 Å². The van der Waals surface area contributed by atoms with Crippen molar-refractivity contribution in [3.8, 4) is 0 Å². The Balaban J connectivity index is 2.30. The summed E-state index contributed by atoms with van der Waals surface area (Å²) in [5.41, 5.74) is -0.597. The number of hydrogen-bond acceptors (Lipinski definition) is 1. The molecule has 1 heteroatoms. The molecule has 0 saturated heterocycles. The number of rotatable bonds is 0. The van der Waals surface area contributed by atoms with E-state index in [2.05, 4.69) is 6.92 Å². The lowest BCUT2D eigenvalue weighted by Crippen LogP contribution is -2.24. The summed E-state index contributed by atoms with van der Waals surface area (Å²) in [7, 11) is 0. The fraction of sp³-hybridized carbons (Fsp3) is 0.889. The van der Waals surface area contributed by atoms with Crippen molar-refractivity contribution in [1.82, 2.24) is 0 Å². The molecule has 59 valence electrons. The normalized spacial score (nSPS) is 27.0. The van der Waals surface area contributed by atoms with Gasteiger partial charge < -0.3 is 5.11 Å². The molecule has 1 aliphatic rings. The summed E-state index contributed by atoms with van der Waals surface area (Å²) in [6, 6.07) is 0. The maximum absolute atomic E-state index is 9.57. The Kier molecular flexibility index (Phi) is 2.72. The van der Waals surface area contributed by atoms with Gasteiger partial charge >= 0.3 is 0 Å². The van der Waals surface area contributed by atoms with Gasteiger partial charge in [-0.3, -0.25) is 0 Å². The summed E-state index contributed by atoms with van der Waals surface area (Å²) < 4.78 is 0. The van der Waals surface area contributed by atoms with E-state index < -0.39 is 5.60 Å². The first-order valence-electron chi connectivity index (χ1n) is 4.28. The van der Waals surface area contributed by atoms with Crippen molar-refractivity contribution in [3.63, 3.8) is 0 Å². The third-order valence-electron chi connectivity index (χ3n) is 2.28. The van der Waals surface area contributed by atoms with Crippen LogP contribution >= 0.6 is 0 Å². The fourth-order valence-corrected chi connectivity index (χ4v) is 1.56. The molecule has 0 aliphatic heterocycles. The first-order valence-corrected chi connectivity index (χ1v) is 4.28. The molecule has 0 bridgehead atoms. The molecule has 1 aliphatic carbocycles. The van der Waals surface area contributed by atoms with Gasteiger partial charge in [0.1, 0.15) is 0 Å². The first kappa shape index (κ1) is 8.06.